The third-order valence-electron chi connectivity index (χ3n) is 7.41. The predicted molar refractivity (Wildman–Crippen MR) is 177 cm³/mol. The van der Waals surface area contributed by atoms with Gasteiger partial charge in [-0.25, -0.2) is 4.79 Å². The van der Waals surface area contributed by atoms with E-state index in [1.54, 1.807) is 12.1 Å². The van der Waals surface area contributed by atoms with Gasteiger partial charge in [-0.1, -0.05) is 60.7 Å². The Morgan fingerprint density at radius 1 is 0.870 bits per heavy atom. The molecule has 6 N–H and O–H groups in total. The second-order valence-electron chi connectivity index (χ2n) is 10.5. The fraction of sp³-hybridized carbons (Fsp3) is 0.200. The van der Waals surface area contributed by atoms with Crippen molar-refractivity contribution in [1.82, 2.24) is 10.3 Å². The number of rotatable bonds is 13. The Labute approximate surface area is 264 Å². The van der Waals surface area contributed by atoms with Crippen LogP contribution in [0.15, 0.2) is 102 Å². The van der Waals surface area contributed by atoms with Gasteiger partial charge in [0.1, 0.15) is 11.5 Å². The molecule has 5 rings (SSSR count). The van der Waals surface area contributed by atoms with Crippen LogP contribution < -0.4 is 20.9 Å². The molecule has 0 aliphatic heterocycles. The second kappa shape index (κ2) is 16.7. The number of phenols is 1. The number of hydrogen-bond donors (Lipinski definition) is 6. The number of carboxylic acid groups (broad SMARTS) is 1. The number of fused-ring (bicyclic) bond motifs is 1. The molecule has 1 atom stereocenters. The molecule has 0 saturated heterocycles. The van der Waals surface area contributed by atoms with Crippen molar-refractivity contribution >= 4 is 22.7 Å². The quantitative estimate of drug-likeness (QED) is 0.0851. The van der Waals surface area contributed by atoms with Gasteiger partial charge in [0.15, 0.2) is 0 Å². The molecule has 0 fully saturated rings. The van der Waals surface area contributed by atoms with E-state index in [1.807, 2.05) is 72.8 Å². The topological polar surface area (TPSA) is 144 Å². The van der Waals surface area contributed by atoms with Gasteiger partial charge in [0.2, 0.25) is 5.56 Å². The average molecular weight is 634 g/mol. The summed E-state index contributed by atoms with van der Waals surface area (Å²) in [7, 11) is 0. The molecule has 9 nitrogen and oxygen atoms in total. The molecule has 1 heterocycles. The number of aryl methyl sites for hydroxylation is 1. The molecule has 1 amide bonds. The summed E-state index contributed by atoms with van der Waals surface area (Å²) in [6.45, 7) is 1.51. The molecular weight excluding hydrogens is 596 g/mol. The Morgan fingerprint density at radius 3 is 2.35 bits per heavy atom. The number of aromatic hydroxyl groups is 1. The zero-order valence-corrected chi connectivity index (χ0v) is 24.9. The van der Waals surface area contributed by atoms with Crippen LogP contribution in [-0.4, -0.2) is 46.1 Å². The van der Waals surface area contributed by atoms with Crippen LogP contribution in [-0.2, 0) is 12.8 Å². The van der Waals surface area contributed by atoms with E-state index in [-0.39, 0.29) is 20.7 Å². The molecule has 1 aromatic heterocycles. The Balaban J connectivity index is 0.00000288. The van der Waals surface area contributed by atoms with E-state index in [2.05, 4.69) is 15.6 Å². The number of ether oxygens (including phenoxy) is 1. The first kappa shape index (κ1) is 35.2. The van der Waals surface area contributed by atoms with E-state index in [9.17, 15) is 24.9 Å². The Morgan fingerprint density at radius 2 is 1.61 bits per heavy atom. The lowest BCUT2D eigenvalue weighted by Gasteiger charge is -2.15. The van der Waals surface area contributed by atoms with Gasteiger partial charge in [0, 0.05) is 23.6 Å². The highest BCUT2D eigenvalue weighted by Gasteiger charge is 2.14. The molecule has 0 saturated carbocycles. The zero-order chi connectivity index (χ0) is 30.9. The fourth-order valence-electron chi connectivity index (χ4n) is 5.18. The minimum absolute atomic E-state index is 0. The standard InChI is InChI=1S/C35H35N3O6.2FH/c39-31-16-14-28(29-15-17-33(41)38-34(29)31)32(40)22-36-19-18-23-8-11-26(12-9-23)44-20-4-5-24-10-13-27(25-6-2-1-3-7-25)30(21-24)37-35(42)43;;/h1-3,6-17,21,32,36-37,39-40H,4-5,18-20,22H2,(H,38,41)(H,42,43);2*1H/t32-;;/m0../s1. The monoisotopic (exact) mass is 633 g/mol. The third-order valence-corrected chi connectivity index (χ3v) is 7.41. The van der Waals surface area contributed by atoms with E-state index >= 15 is 0 Å². The summed E-state index contributed by atoms with van der Waals surface area (Å²) in [4.78, 5) is 25.6. The number of benzene rings is 4. The summed E-state index contributed by atoms with van der Waals surface area (Å²) < 4.78 is 5.93. The highest BCUT2D eigenvalue weighted by Crippen LogP contribution is 2.30. The van der Waals surface area contributed by atoms with Crippen molar-refractivity contribution in [2.24, 2.45) is 0 Å². The first-order valence-corrected chi connectivity index (χ1v) is 14.5. The number of nitrogens with one attached hydrogen (secondary N) is 3. The summed E-state index contributed by atoms with van der Waals surface area (Å²) in [5.74, 6) is 0.744. The lowest BCUT2D eigenvalue weighted by atomic mass is 10.00. The molecule has 0 bridgehead atoms. The number of hydrogen-bond acceptors (Lipinski definition) is 6. The maximum Gasteiger partial charge on any atom is 0.409 e. The molecule has 11 heteroatoms. The minimum Gasteiger partial charge on any atom is -0.506 e. The van der Waals surface area contributed by atoms with Crippen molar-refractivity contribution in [3.05, 3.63) is 124 Å². The number of aromatic nitrogens is 1. The summed E-state index contributed by atoms with van der Waals surface area (Å²) in [6.07, 6.45) is 0.389. The van der Waals surface area contributed by atoms with Crippen molar-refractivity contribution < 1.29 is 34.3 Å². The highest BCUT2D eigenvalue weighted by atomic mass is 19.0. The molecule has 0 radical (unpaired) electrons. The number of aliphatic hydroxyl groups excluding tert-OH is 1. The summed E-state index contributed by atoms with van der Waals surface area (Å²) in [5.41, 5.74) is 5.13. The predicted octanol–water partition coefficient (Wildman–Crippen LogP) is 6.17. The maximum absolute atomic E-state index is 11.6. The molecule has 5 aromatic rings. The average Bonchev–Trinajstić information content (AvgIpc) is 3.02. The van der Waals surface area contributed by atoms with Crippen molar-refractivity contribution in [2.45, 2.75) is 25.4 Å². The van der Waals surface area contributed by atoms with Gasteiger partial charge in [-0.2, -0.15) is 0 Å². The minimum atomic E-state index is -1.10. The van der Waals surface area contributed by atoms with E-state index < -0.39 is 12.2 Å². The van der Waals surface area contributed by atoms with Crippen LogP contribution >= 0.6 is 0 Å². The number of amides is 1. The maximum atomic E-state index is 11.6. The van der Waals surface area contributed by atoms with E-state index in [0.29, 0.717) is 41.9 Å². The highest BCUT2D eigenvalue weighted by molar-refractivity contribution is 5.91. The van der Waals surface area contributed by atoms with Gasteiger partial charge in [0.25, 0.3) is 0 Å². The number of aliphatic hydroxyl groups is 1. The molecule has 0 aliphatic rings. The summed E-state index contributed by atoms with van der Waals surface area (Å²) in [5, 5.41) is 36.5. The van der Waals surface area contributed by atoms with Crippen LogP contribution in [0, 0.1) is 0 Å². The van der Waals surface area contributed by atoms with Crippen molar-refractivity contribution in [1.29, 1.82) is 0 Å². The molecular formula is C35H37F2N3O6. The van der Waals surface area contributed by atoms with Gasteiger partial charge < -0.3 is 30.4 Å². The van der Waals surface area contributed by atoms with E-state index in [4.69, 9.17) is 4.74 Å². The van der Waals surface area contributed by atoms with E-state index in [1.165, 1.54) is 12.1 Å². The van der Waals surface area contributed by atoms with E-state index in [0.717, 1.165) is 47.3 Å². The largest absolute Gasteiger partial charge is 0.506 e. The lowest BCUT2D eigenvalue weighted by Crippen LogP contribution is -2.24. The first-order chi connectivity index (χ1) is 21.4. The Kier molecular flexibility index (Phi) is 12.8. The van der Waals surface area contributed by atoms with Crippen LogP contribution in [0.25, 0.3) is 22.0 Å². The number of phenolic OH excluding ortho intramolecular Hbond substituents is 1. The lowest BCUT2D eigenvalue weighted by molar-refractivity contribution is 0.176. The molecule has 0 spiro atoms. The number of halogens is 2. The fourth-order valence-corrected chi connectivity index (χ4v) is 5.18. The smallest absolute Gasteiger partial charge is 0.409 e. The van der Waals surface area contributed by atoms with Crippen molar-refractivity contribution in [3.63, 3.8) is 0 Å². The molecule has 4 aromatic carbocycles. The molecule has 0 aliphatic carbocycles. The second-order valence-corrected chi connectivity index (χ2v) is 10.5. The first-order valence-electron chi connectivity index (χ1n) is 14.5. The third kappa shape index (κ3) is 9.13. The van der Waals surface area contributed by atoms with Gasteiger partial charge in [0.05, 0.1) is 23.9 Å². The number of H-pyrrole nitrogens is 1. The summed E-state index contributed by atoms with van der Waals surface area (Å²) in [6, 6.07) is 29.6. The van der Waals surface area contributed by atoms with Crippen LogP contribution in [0.4, 0.5) is 19.9 Å². The SMILES string of the molecule is F.F.O=C(O)Nc1cc(CCCOc2ccc(CCNC[C@H](O)c3ccc(O)c4[nH]c(=O)ccc34)cc2)ccc1-c1ccccc1. The van der Waals surface area contributed by atoms with Gasteiger partial charge in [-0.3, -0.25) is 19.5 Å². The van der Waals surface area contributed by atoms with Crippen LogP contribution in [0.1, 0.15) is 29.2 Å². The Hall–Kier alpha value is -5.26. The Bertz CT molecular complexity index is 1780. The van der Waals surface area contributed by atoms with Gasteiger partial charge >= 0.3 is 6.09 Å². The summed E-state index contributed by atoms with van der Waals surface area (Å²) >= 11 is 0. The number of pyridine rings is 1. The van der Waals surface area contributed by atoms with Gasteiger partial charge in [-0.15, -0.1) is 0 Å². The number of carbonyl (C=O) groups is 1. The van der Waals surface area contributed by atoms with Crippen molar-refractivity contribution in [3.8, 4) is 22.6 Å². The van der Waals surface area contributed by atoms with Crippen LogP contribution in [0.3, 0.4) is 0 Å². The van der Waals surface area contributed by atoms with Gasteiger partial charge in [-0.05, 0) is 78.4 Å². The van der Waals surface area contributed by atoms with Crippen LogP contribution in [0.5, 0.6) is 11.5 Å². The normalized spacial score (nSPS) is 11.2. The number of aromatic amines is 1. The number of anilines is 1. The molecule has 242 valence electrons. The zero-order valence-electron chi connectivity index (χ0n) is 24.9. The van der Waals surface area contributed by atoms with Crippen molar-refractivity contribution in [2.75, 3.05) is 25.0 Å². The molecule has 46 heavy (non-hydrogen) atoms. The molecule has 0 unspecified atom stereocenters. The van der Waals surface area contributed by atoms with Crippen LogP contribution in [0.2, 0.25) is 0 Å².